The van der Waals surface area contributed by atoms with Gasteiger partial charge in [0.05, 0.1) is 6.54 Å². The van der Waals surface area contributed by atoms with Crippen LogP contribution in [-0.4, -0.2) is 21.7 Å². The molecule has 2 aromatic rings. The zero-order valence-corrected chi connectivity index (χ0v) is 10.6. The van der Waals surface area contributed by atoms with Crippen LogP contribution in [-0.2, 0) is 6.54 Å². The van der Waals surface area contributed by atoms with Crippen LogP contribution in [0.25, 0.3) is 0 Å². The molecule has 0 amide bonds. The fraction of sp³-hybridized carbons (Fsp3) is 0.417. The highest BCUT2D eigenvalue weighted by Gasteiger charge is 2.01. The summed E-state index contributed by atoms with van der Waals surface area (Å²) in [6, 6.07) is 3.77. The molecule has 6 heteroatoms. The number of aromatic nitrogens is 3. The van der Waals surface area contributed by atoms with Crippen LogP contribution >= 0.6 is 0 Å². The maximum absolute atomic E-state index is 4.99. The lowest BCUT2D eigenvalue weighted by atomic mass is 10.4. The Balaban J connectivity index is 1.92. The van der Waals surface area contributed by atoms with Crippen molar-refractivity contribution in [2.45, 2.75) is 26.8 Å². The fourth-order valence-corrected chi connectivity index (χ4v) is 1.49. The molecule has 0 aliphatic heterocycles. The highest BCUT2D eigenvalue weighted by Crippen LogP contribution is 2.10. The van der Waals surface area contributed by atoms with Gasteiger partial charge in [-0.3, -0.25) is 0 Å². The van der Waals surface area contributed by atoms with E-state index in [1.54, 1.807) is 0 Å². The number of nitrogens with one attached hydrogen (secondary N) is 2. The molecule has 0 aliphatic carbocycles. The van der Waals surface area contributed by atoms with Crippen molar-refractivity contribution < 1.29 is 4.52 Å². The molecule has 96 valence electrons. The Bertz CT molecular complexity index is 497. The molecule has 0 bridgehead atoms. The second-order valence-corrected chi connectivity index (χ2v) is 4.00. The van der Waals surface area contributed by atoms with Crippen LogP contribution in [0.5, 0.6) is 0 Å². The Kier molecular flexibility index (Phi) is 4.11. The van der Waals surface area contributed by atoms with Gasteiger partial charge in [0, 0.05) is 18.7 Å². The Morgan fingerprint density at radius 2 is 1.94 bits per heavy atom. The standard InChI is InChI=1S/C12H17N5O/c1-3-4-13-11-6-12(16-8-15-11)14-7-10-5-9(2)18-17-10/h5-6,8H,3-4,7H2,1-2H3,(H2,13,14,15,16). The van der Waals surface area contributed by atoms with E-state index in [0.29, 0.717) is 6.54 Å². The van der Waals surface area contributed by atoms with Crippen molar-refractivity contribution in [2.24, 2.45) is 0 Å². The van der Waals surface area contributed by atoms with Crippen LogP contribution in [0.3, 0.4) is 0 Å². The lowest BCUT2D eigenvalue weighted by molar-refractivity contribution is 0.391. The number of rotatable bonds is 6. The van der Waals surface area contributed by atoms with E-state index in [-0.39, 0.29) is 0 Å². The summed E-state index contributed by atoms with van der Waals surface area (Å²) in [5, 5.41) is 10.3. The van der Waals surface area contributed by atoms with Gasteiger partial charge in [-0.05, 0) is 13.3 Å². The summed E-state index contributed by atoms with van der Waals surface area (Å²) in [6.07, 6.45) is 2.60. The molecular weight excluding hydrogens is 230 g/mol. The average Bonchev–Trinajstić information content (AvgIpc) is 2.80. The molecule has 6 nitrogen and oxygen atoms in total. The van der Waals surface area contributed by atoms with Crippen molar-refractivity contribution in [1.82, 2.24) is 15.1 Å². The molecule has 0 aliphatic rings. The monoisotopic (exact) mass is 247 g/mol. The molecule has 2 rings (SSSR count). The third-order valence-corrected chi connectivity index (χ3v) is 2.35. The number of hydrogen-bond donors (Lipinski definition) is 2. The highest BCUT2D eigenvalue weighted by molar-refractivity contribution is 5.46. The van der Waals surface area contributed by atoms with Gasteiger partial charge in [-0.15, -0.1) is 0 Å². The third kappa shape index (κ3) is 3.44. The first-order chi connectivity index (χ1) is 8.78. The van der Waals surface area contributed by atoms with Crippen molar-refractivity contribution in [3.8, 4) is 0 Å². The Labute approximate surface area is 106 Å². The van der Waals surface area contributed by atoms with Crippen molar-refractivity contribution in [2.75, 3.05) is 17.2 Å². The number of nitrogens with zero attached hydrogens (tertiary/aromatic N) is 3. The van der Waals surface area contributed by atoms with E-state index in [9.17, 15) is 0 Å². The fourth-order valence-electron chi connectivity index (χ4n) is 1.49. The van der Waals surface area contributed by atoms with Crippen molar-refractivity contribution in [3.63, 3.8) is 0 Å². The second-order valence-electron chi connectivity index (χ2n) is 4.00. The normalized spacial score (nSPS) is 10.3. The third-order valence-electron chi connectivity index (χ3n) is 2.35. The molecule has 18 heavy (non-hydrogen) atoms. The van der Waals surface area contributed by atoms with Crippen molar-refractivity contribution in [3.05, 3.63) is 29.9 Å². The van der Waals surface area contributed by atoms with E-state index in [1.165, 1.54) is 6.33 Å². The van der Waals surface area contributed by atoms with Crippen LogP contribution in [0.15, 0.2) is 23.0 Å². The summed E-state index contributed by atoms with van der Waals surface area (Å²) in [4.78, 5) is 8.29. The predicted molar refractivity (Wildman–Crippen MR) is 69.4 cm³/mol. The summed E-state index contributed by atoms with van der Waals surface area (Å²) in [6.45, 7) is 5.47. The number of hydrogen-bond acceptors (Lipinski definition) is 6. The minimum Gasteiger partial charge on any atom is -0.370 e. The molecule has 2 N–H and O–H groups in total. The van der Waals surface area contributed by atoms with Gasteiger partial charge in [-0.2, -0.15) is 0 Å². The van der Waals surface area contributed by atoms with Gasteiger partial charge >= 0.3 is 0 Å². The first-order valence-corrected chi connectivity index (χ1v) is 6.00. The lowest BCUT2D eigenvalue weighted by Gasteiger charge is -2.06. The maximum atomic E-state index is 4.99. The van der Waals surface area contributed by atoms with Crippen molar-refractivity contribution in [1.29, 1.82) is 0 Å². The molecular formula is C12H17N5O. The van der Waals surface area contributed by atoms with Gasteiger partial charge < -0.3 is 15.2 Å². The van der Waals surface area contributed by atoms with Gasteiger partial charge in [0.1, 0.15) is 29.4 Å². The topological polar surface area (TPSA) is 75.9 Å². The quantitative estimate of drug-likeness (QED) is 0.815. The molecule has 0 aromatic carbocycles. The summed E-state index contributed by atoms with van der Waals surface area (Å²) < 4.78 is 4.99. The van der Waals surface area contributed by atoms with E-state index in [1.807, 2.05) is 19.1 Å². The zero-order valence-electron chi connectivity index (χ0n) is 10.6. The van der Waals surface area contributed by atoms with Gasteiger partial charge in [0.2, 0.25) is 0 Å². The lowest BCUT2D eigenvalue weighted by Crippen LogP contribution is -2.05. The first kappa shape index (κ1) is 12.3. The molecule has 0 spiro atoms. The largest absolute Gasteiger partial charge is 0.370 e. The molecule has 0 radical (unpaired) electrons. The number of aryl methyl sites for hydroxylation is 1. The minimum atomic E-state index is 0.585. The number of anilines is 2. The second kappa shape index (κ2) is 6.00. The van der Waals surface area contributed by atoms with Gasteiger partial charge in [-0.25, -0.2) is 9.97 Å². The Morgan fingerprint density at radius 3 is 2.61 bits per heavy atom. The van der Waals surface area contributed by atoms with Crippen LogP contribution in [0.1, 0.15) is 24.8 Å². The molecule has 0 fully saturated rings. The van der Waals surface area contributed by atoms with Crippen LogP contribution in [0.2, 0.25) is 0 Å². The molecule has 2 aromatic heterocycles. The highest BCUT2D eigenvalue weighted by atomic mass is 16.5. The predicted octanol–water partition coefficient (Wildman–Crippen LogP) is 2.21. The summed E-state index contributed by atoms with van der Waals surface area (Å²) in [7, 11) is 0. The van der Waals surface area contributed by atoms with Crippen LogP contribution in [0.4, 0.5) is 11.6 Å². The summed E-state index contributed by atoms with van der Waals surface area (Å²) in [5.74, 6) is 2.40. The van der Waals surface area contributed by atoms with E-state index in [0.717, 1.165) is 36.1 Å². The van der Waals surface area contributed by atoms with Crippen LogP contribution in [0, 0.1) is 6.92 Å². The average molecular weight is 247 g/mol. The molecule has 0 saturated heterocycles. The minimum absolute atomic E-state index is 0.585. The van der Waals surface area contributed by atoms with E-state index in [4.69, 9.17) is 4.52 Å². The van der Waals surface area contributed by atoms with E-state index in [2.05, 4.69) is 32.7 Å². The smallest absolute Gasteiger partial charge is 0.133 e. The summed E-state index contributed by atoms with van der Waals surface area (Å²) >= 11 is 0. The zero-order chi connectivity index (χ0) is 12.8. The summed E-state index contributed by atoms with van der Waals surface area (Å²) in [5.41, 5.74) is 0.856. The first-order valence-electron chi connectivity index (χ1n) is 6.00. The van der Waals surface area contributed by atoms with Crippen LogP contribution < -0.4 is 10.6 Å². The molecule has 0 atom stereocenters. The van der Waals surface area contributed by atoms with E-state index >= 15 is 0 Å². The van der Waals surface area contributed by atoms with E-state index < -0.39 is 0 Å². The van der Waals surface area contributed by atoms with Gasteiger partial charge in [-0.1, -0.05) is 12.1 Å². The maximum Gasteiger partial charge on any atom is 0.133 e. The Morgan fingerprint density at radius 1 is 1.17 bits per heavy atom. The molecule has 2 heterocycles. The van der Waals surface area contributed by atoms with Crippen molar-refractivity contribution >= 4 is 11.6 Å². The SMILES string of the molecule is CCCNc1cc(NCc2cc(C)on2)ncn1. The molecule has 0 unspecified atom stereocenters. The Hall–Kier alpha value is -2.11. The molecule has 0 saturated carbocycles. The van der Waals surface area contributed by atoms with Gasteiger partial charge in [0.25, 0.3) is 0 Å². The van der Waals surface area contributed by atoms with Gasteiger partial charge in [0.15, 0.2) is 0 Å².